The standard InChI is InChI=1S/C25H19F2NO5/c1-32-25(31)28(21(24(29)30)12-15-2-7-19(26)8-3-15)23-14-18-13-17(6-11-22(18)33-23)16-4-9-20(27)10-5-16/h2-11,13-14,21H,12H2,1H3,(H,29,30)/t21-/m0/s1. The average molecular weight is 451 g/mol. The summed E-state index contributed by atoms with van der Waals surface area (Å²) >= 11 is 0. The number of furan rings is 1. The van der Waals surface area contributed by atoms with Crippen LogP contribution in [0.15, 0.2) is 77.2 Å². The van der Waals surface area contributed by atoms with Crippen molar-refractivity contribution in [1.82, 2.24) is 0 Å². The molecule has 4 rings (SSSR count). The van der Waals surface area contributed by atoms with Crippen LogP contribution in [-0.4, -0.2) is 30.3 Å². The highest BCUT2D eigenvalue weighted by Crippen LogP contribution is 2.32. The van der Waals surface area contributed by atoms with Gasteiger partial charge in [-0.2, -0.15) is 0 Å². The molecule has 3 aromatic carbocycles. The van der Waals surface area contributed by atoms with Crippen LogP contribution in [0.25, 0.3) is 22.1 Å². The number of rotatable bonds is 6. The van der Waals surface area contributed by atoms with Gasteiger partial charge in [-0.3, -0.25) is 0 Å². The summed E-state index contributed by atoms with van der Waals surface area (Å²) in [4.78, 5) is 25.6. The Bertz CT molecular complexity index is 1300. The molecule has 168 valence electrons. The number of nitrogens with zero attached hydrogens (tertiary/aromatic N) is 1. The van der Waals surface area contributed by atoms with Crippen LogP contribution in [-0.2, 0) is 16.0 Å². The number of ether oxygens (including phenoxy) is 1. The summed E-state index contributed by atoms with van der Waals surface area (Å²) in [5, 5.41) is 10.5. The van der Waals surface area contributed by atoms with Gasteiger partial charge in [0.1, 0.15) is 23.3 Å². The maximum absolute atomic E-state index is 13.2. The fourth-order valence-electron chi connectivity index (χ4n) is 3.57. The lowest BCUT2D eigenvalue weighted by molar-refractivity contribution is -0.138. The summed E-state index contributed by atoms with van der Waals surface area (Å²) < 4.78 is 37.1. The van der Waals surface area contributed by atoms with Gasteiger partial charge in [-0.15, -0.1) is 0 Å². The highest BCUT2D eigenvalue weighted by atomic mass is 19.1. The highest BCUT2D eigenvalue weighted by Gasteiger charge is 2.34. The molecular weight excluding hydrogens is 432 g/mol. The van der Waals surface area contributed by atoms with Crippen molar-refractivity contribution in [2.24, 2.45) is 0 Å². The van der Waals surface area contributed by atoms with E-state index in [9.17, 15) is 23.5 Å². The van der Waals surface area contributed by atoms with E-state index in [2.05, 4.69) is 0 Å². The Morgan fingerprint density at radius 1 is 0.939 bits per heavy atom. The summed E-state index contributed by atoms with van der Waals surface area (Å²) in [5.41, 5.74) is 2.52. The molecule has 1 aromatic heterocycles. The number of amides is 1. The largest absolute Gasteiger partial charge is 0.480 e. The van der Waals surface area contributed by atoms with Crippen LogP contribution in [0.3, 0.4) is 0 Å². The first-order chi connectivity index (χ1) is 15.9. The average Bonchev–Trinajstić information content (AvgIpc) is 3.23. The zero-order valence-electron chi connectivity index (χ0n) is 17.5. The predicted octanol–water partition coefficient (Wildman–Crippen LogP) is 5.65. The summed E-state index contributed by atoms with van der Waals surface area (Å²) in [6.07, 6.45) is -1.01. The number of methoxy groups -OCH3 is 1. The van der Waals surface area contributed by atoms with Crippen LogP contribution in [0.5, 0.6) is 0 Å². The number of carboxylic acid groups (broad SMARTS) is 1. The number of hydrogen-bond donors (Lipinski definition) is 1. The van der Waals surface area contributed by atoms with Gasteiger partial charge in [0.2, 0.25) is 5.88 Å². The minimum absolute atomic E-state index is 0.0115. The van der Waals surface area contributed by atoms with Crippen molar-refractivity contribution in [3.8, 4) is 11.1 Å². The number of carboxylic acids is 1. The second-order valence-electron chi connectivity index (χ2n) is 7.37. The van der Waals surface area contributed by atoms with E-state index in [1.165, 1.54) is 36.4 Å². The van der Waals surface area contributed by atoms with Crippen LogP contribution < -0.4 is 4.90 Å². The third-order valence-electron chi connectivity index (χ3n) is 5.23. The van der Waals surface area contributed by atoms with Crippen LogP contribution in [0.1, 0.15) is 5.56 Å². The molecule has 1 heterocycles. The quantitative estimate of drug-likeness (QED) is 0.410. The molecule has 6 nitrogen and oxygen atoms in total. The molecule has 0 saturated heterocycles. The Morgan fingerprint density at radius 2 is 1.55 bits per heavy atom. The molecule has 4 aromatic rings. The predicted molar refractivity (Wildman–Crippen MR) is 118 cm³/mol. The zero-order chi connectivity index (χ0) is 23.5. The molecule has 8 heteroatoms. The van der Waals surface area contributed by atoms with Gasteiger partial charge in [0.05, 0.1) is 7.11 Å². The molecule has 1 amide bonds. The van der Waals surface area contributed by atoms with E-state index in [0.29, 0.717) is 16.5 Å². The Morgan fingerprint density at radius 3 is 2.15 bits per heavy atom. The van der Waals surface area contributed by atoms with Crippen molar-refractivity contribution < 1.29 is 32.6 Å². The summed E-state index contributed by atoms with van der Waals surface area (Å²) in [6.45, 7) is 0. The van der Waals surface area contributed by atoms with Gasteiger partial charge in [-0.25, -0.2) is 23.3 Å². The number of halogens is 2. The van der Waals surface area contributed by atoms with Crippen molar-refractivity contribution in [3.63, 3.8) is 0 Å². The molecule has 0 aliphatic heterocycles. The number of hydrogen-bond acceptors (Lipinski definition) is 4. The lowest BCUT2D eigenvalue weighted by atomic mass is 10.0. The minimum atomic E-state index is -1.36. The van der Waals surface area contributed by atoms with Crippen molar-refractivity contribution >= 4 is 28.9 Å². The number of fused-ring (bicyclic) bond motifs is 1. The van der Waals surface area contributed by atoms with Gasteiger partial charge in [-0.05, 0) is 53.1 Å². The van der Waals surface area contributed by atoms with Crippen LogP contribution in [0.2, 0.25) is 0 Å². The van der Waals surface area contributed by atoms with E-state index < -0.39 is 23.9 Å². The van der Waals surface area contributed by atoms with Gasteiger partial charge >= 0.3 is 12.1 Å². The number of benzene rings is 3. The van der Waals surface area contributed by atoms with Crippen LogP contribution >= 0.6 is 0 Å². The van der Waals surface area contributed by atoms with E-state index in [4.69, 9.17) is 9.15 Å². The van der Waals surface area contributed by atoms with E-state index in [0.717, 1.165) is 23.1 Å². The van der Waals surface area contributed by atoms with E-state index >= 15 is 0 Å². The van der Waals surface area contributed by atoms with Crippen molar-refractivity contribution in [2.45, 2.75) is 12.5 Å². The third kappa shape index (κ3) is 4.69. The lowest BCUT2D eigenvalue weighted by Gasteiger charge is -2.25. The lowest BCUT2D eigenvalue weighted by Crippen LogP contribution is -2.46. The van der Waals surface area contributed by atoms with E-state index in [1.54, 1.807) is 36.4 Å². The maximum Gasteiger partial charge on any atom is 0.417 e. The first-order valence-corrected chi connectivity index (χ1v) is 9.99. The van der Waals surface area contributed by atoms with Gasteiger partial charge in [0.25, 0.3) is 0 Å². The van der Waals surface area contributed by atoms with Gasteiger partial charge < -0.3 is 14.3 Å². The molecule has 0 bridgehead atoms. The number of aliphatic carboxylic acids is 1. The third-order valence-corrected chi connectivity index (χ3v) is 5.23. The monoisotopic (exact) mass is 451 g/mol. The Kier molecular flexibility index (Phi) is 6.08. The van der Waals surface area contributed by atoms with Crippen molar-refractivity contribution in [1.29, 1.82) is 0 Å². The fourth-order valence-corrected chi connectivity index (χ4v) is 3.57. The molecule has 0 unspecified atom stereocenters. The number of anilines is 1. The Labute approximate surface area is 187 Å². The normalized spacial score (nSPS) is 11.8. The number of carbonyl (C=O) groups excluding carboxylic acids is 1. The van der Waals surface area contributed by atoms with Crippen LogP contribution in [0.4, 0.5) is 19.5 Å². The van der Waals surface area contributed by atoms with Gasteiger partial charge in [0.15, 0.2) is 0 Å². The Balaban J connectivity index is 1.72. The molecule has 0 aliphatic rings. The molecule has 0 radical (unpaired) electrons. The highest BCUT2D eigenvalue weighted by molar-refractivity contribution is 5.97. The molecule has 0 fully saturated rings. The molecule has 1 atom stereocenters. The first kappa shape index (κ1) is 22.0. The second kappa shape index (κ2) is 9.12. The smallest absolute Gasteiger partial charge is 0.417 e. The summed E-state index contributed by atoms with van der Waals surface area (Å²) in [7, 11) is 1.14. The molecule has 0 aliphatic carbocycles. The Hall–Kier alpha value is -4.20. The first-order valence-electron chi connectivity index (χ1n) is 9.99. The molecule has 0 saturated carbocycles. The summed E-state index contributed by atoms with van der Waals surface area (Å²) in [5.74, 6) is -2.09. The minimum Gasteiger partial charge on any atom is -0.480 e. The van der Waals surface area contributed by atoms with Crippen molar-refractivity contribution in [2.75, 3.05) is 12.0 Å². The van der Waals surface area contributed by atoms with Crippen LogP contribution in [0, 0.1) is 11.6 Å². The van der Waals surface area contributed by atoms with Gasteiger partial charge in [0, 0.05) is 17.9 Å². The van der Waals surface area contributed by atoms with Crippen molar-refractivity contribution in [3.05, 3.63) is 90.0 Å². The number of carbonyl (C=O) groups is 2. The van der Waals surface area contributed by atoms with Gasteiger partial charge in [-0.1, -0.05) is 30.3 Å². The molecule has 1 N–H and O–H groups in total. The summed E-state index contributed by atoms with van der Waals surface area (Å²) in [6, 6.07) is 16.8. The topological polar surface area (TPSA) is 80.0 Å². The second-order valence-corrected chi connectivity index (χ2v) is 7.37. The van der Waals surface area contributed by atoms with E-state index in [-0.39, 0.29) is 18.1 Å². The molecule has 33 heavy (non-hydrogen) atoms. The molecular formula is C25H19F2NO5. The maximum atomic E-state index is 13.2. The SMILES string of the molecule is COC(=O)N(c1cc2cc(-c3ccc(F)cc3)ccc2o1)[C@@H](Cc1ccc(F)cc1)C(=O)O. The molecule has 0 spiro atoms. The van der Waals surface area contributed by atoms with E-state index in [1.807, 2.05) is 0 Å². The zero-order valence-corrected chi connectivity index (χ0v) is 17.5. The fraction of sp³-hybridized carbons (Fsp3) is 0.120.